The van der Waals surface area contributed by atoms with Crippen LogP contribution in [0.4, 0.5) is 0 Å². The van der Waals surface area contributed by atoms with Crippen LogP contribution in [0.3, 0.4) is 0 Å². The molecule has 11 nitrogen and oxygen atoms in total. The summed E-state index contributed by atoms with van der Waals surface area (Å²) in [4.78, 5) is 0. The molecule has 0 aromatic heterocycles. The van der Waals surface area contributed by atoms with E-state index < -0.39 is 59.4 Å². The SMILES string of the molecule is CC[C@H](CO)C(=NOS(=O)(=O)O)S[C@@H]1O[C@H](CO)[C@@H](O)[C@H](O)[C@H]1O. The molecule has 0 aromatic rings. The van der Waals surface area contributed by atoms with Crippen molar-refractivity contribution in [3.8, 4) is 0 Å². The highest BCUT2D eigenvalue weighted by atomic mass is 32.3. The molecule has 6 atom stereocenters. The number of aliphatic hydroxyl groups is 5. The normalized spacial score (nSPS) is 33.3. The second kappa shape index (κ2) is 9.26. The lowest BCUT2D eigenvalue weighted by atomic mass is 10.0. The average Bonchev–Trinajstić information content (AvgIpc) is 2.52. The molecule has 0 spiro atoms. The maximum atomic E-state index is 10.7. The molecule has 0 aliphatic carbocycles. The molecule has 1 fully saturated rings. The van der Waals surface area contributed by atoms with Crippen LogP contribution < -0.4 is 0 Å². The molecule has 1 aliphatic rings. The van der Waals surface area contributed by atoms with E-state index in [0.29, 0.717) is 18.2 Å². The Morgan fingerprint density at radius 1 is 1.25 bits per heavy atom. The maximum absolute atomic E-state index is 10.7. The van der Waals surface area contributed by atoms with Gasteiger partial charge in [-0.3, -0.25) is 4.55 Å². The van der Waals surface area contributed by atoms with Crippen LogP contribution in [-0.2, 0) is 19.4 Å². The summed E-state index contributed by atoms with van der Waals surface area (Å²) in [6.45, 7) is 0.597. The highest BCUT2D eigenvalue weighted by Gasteiger charge is 2.44. The van der Waals surface area contributed by atoms with Crippen molar-refractivity contribution in [2.75, 3.05) is 13.2 Å². The minimum atomic E-state index is -4.87. The third-order valence-electron chi connectivity index (χ3n) is 3.37. The van der Waals surface area contributed by atoms with Gasteiger partial charge < -0.3 is 30.3 Å². The Balaban J connectivity index is 2.99. The monoisotopic (exact) mass is 391 g/mol. The molecular weight excluding hydrogens is 370 g/mol. The molecule has 0 aromatic carbocycles. The highest BCUT2D eigenvalue weighted by molar-refractivity contribution is 8.14. The number of ether oxygens (including phenoxy) is 1. The molecule has 1 saturated heterocycles. The Labute approximate surface area is 142 Å². The first kappa shape index (κ1) is 21.5. The summed E-state index contributed by atoms with van der Waals surface area (Å²) in [6, 6.07) is 0. The van der Waals surface area contributed by atoms with Gasteiger partial charge in [0.15, 0.2) is 0 Å². The van der Waals surface area contributed by atoms with E-state index >= 15 is 0 Å². The van der Waals surface area contributed by atoms with Crippen molar-refractivity contribution in [1.29, 1.82) is 0 Å². The number of aliphatic hydroxyl groups excluding tert-OH is 5. The minimum absolute atomic E-state index is 0.123. The van der Waals surface area contributed by atoms with E-state index in [1.54, 1.807) is 6.92 Å². The number of rotatable bonds is 7. The summed E-state index contributed by atoms with van der Waals surface area (Å²) in [5.41, 5.74) is -1.23. The topological polar surface area (TPSA) is 186 Å². The van der Waals surface area contributed by atoms with Crippen molar-refractivity contribution in [2.24, 2.45) is 11.1 Å². The van der Waals surface area contributed by atoms with E-state index in [9.17, 15) is 28.8 Å². The van der Waals surface area contributed by atoms with Gasteiger partial charge in [0.2, 0.25) is 0 Å². The van der Waals surface area contributed by atoms with Crippen LogP contribution in [-0.4, -0.2) is 86.6 Å². The second-order valence-corrected chi connectivity index (χ2v) is 7.16. The predicted octanol–water partition coefficient (Wildman–Crippen LogP) is -2.33. The zero-order valence-corrected chi connectivity index (χ0v) is 14.3. The number of hydrogen-bond acceptors (Lipinski definition) is 11. The Bertz CT molecular complexity index is 521. The van der Waals surface area contributed by atoms with Crippen molar-refractivity contribution >= 4 is 27.2 Å². The zero-order chi connectivity index (χ0) is 18.5. The quantitative estimate of drug-likeness (QED) is 0.118. The van der Waals surface area contributed by atoms with Gasteiger partial charge in [-0.25, -0.2) is 4.28 Å². The van der Waals surface area contributed by atoms with Gasteiger partial charge in [0.25, 0.3) is 0 Å². The molecule has 24 heavy (non-hydrogen) atoms. The third-order valence-corrected chi connectivity index (χ3v) is 4.90. The smallest absolute Gasteiger partial charge is 0.396 e. The first-order valence-electron chi connectivity index (χ1n) is 6.96. The molecule has 13 heteroatoms. The summed E-state index contributed by atoms with van der Waals surface area (Å²) in [5.74, 6) is -0.691. The zero-order valence-electron chi connectivity index (χ0n) is 12.7. The number of oxime groups is 1. The Hall–Kier alpha value is -0.510. The lowest BCUT2D eigenvalue weighted by Crippen LogP contribution is -2.57. The van der Waals surface area contributed by atoms with E-state index in [2.05, 4.69) is 9.44 Å². The lowest BCUT2D eigenvalue weighted by Gasteiger charge is -2.39. The van der Waals surface area contributed by atoms with Crippen LogP contribution in [0.2, 0.25) is 0 Å². The largest absolute Gasteiger partial charge is 0.466 e. The van der Waals surface area contributed by atoms with Gasteiger partial charge in [-0.15, -0.1) is 0 Å². The van der Waals surface area contributed by atoms with Crippen LogP contribution in [0.25, 0.3) is 0 Å². The fourth-order valence-electron chi connectivity index (χ4n) is 1.94. The van der Waals surface area contributed by atoms with E-state index in [-0.39, 0.29) is 5.04 Å². The van der Waals surface area contributed by atoms with Crippen LogP contribution >= 0.6 is 11.8 Å². The fourth-order valence-corrected chi connectivity index (χ4v) is 3.41. The predicted molar refractivity (Wildman–Crippen MR) is 82.3 cm³/mol. The van der Waals surface area contributed by atoms with Crippen molar-refractivity contribution in [3.63, 3.8) is 0 Å². The van der Waals surface area contributed by atoms with Gasteiger partial charge in [-0.1, -0.05) is 23.8 Å². The maximum Gasteiger partial charge on any atom is 0.466 e. The molecule has 0 unspecified atom stereocenters. The lowest BCUT2D eigenvalue weighted by molar-refractivity contribution is -0.205. The van der Waals surface area contributed by atoms with E-state index in [1.807, 2.05) is 0 Å². The highest BCUT2D eigenvalue weighted by Crippen LogP contribution is 2.31. The summed E-state index contributed by atoms with van der Waals surface area (Å²) in [6.07, 6.45) is -5.59. The van der Waals surface area contributed by atoms with Crippen molar-refractivity contribution in [1.82, 2.24) is 0 Å². The Morgan fingerprint density at radius 2 is 1.88 bits per heavy atom. The first-order chi connectivity index (χ1) is 11.1. The van der Waals surface area contributed by atoms with Gasteiger partial charge in [0.1, 0.15) is 34.9 Å². The van der Waals surface area contributed by atoms with Crippen molar-refractivity contribution < 1.29 is 47.5 Å². The Morgan fingerprint density at radius 3 is 2.33 bits per heavy atom. The standard InChI is InChI=1S/C11H21NO10S2/c1-2-5(3-13)10(12-22-24(18,19)20)23-11-9(17)8(16)7(15)6(4-14)21-11/h5-9,11,13-17H,2-4H2,1H3,(H,18,19,20)/t5-,6-,7-,8+,9-,11+/m1/s1. The summed E-state index contributed by atoms with van der Waals surface area (Å²) >= 11 is 0.632. The van der Waals surface area contributed by atoms with Gasteiger partial charge in [0, 0.05) is 5.92 Å². The third kappa shape index (κ3) is 5.79. The van der Waals surface area contributed by atoms with Crippen molar-refractivity contribution in [2.45, 2.75) is 43.2 Å². The van der Waals surface area contributed by atoms with Crippen LogP contribution in [0.5, 0.6) is 0 Å². The van der Waals surface area contributed by atoms with Gasteiger partial charge in [-0.2, -0.15) is 8.42 Å². The summed E-state index contributed by atoms with van der Waals surface area (Å²) < 4.78 is 39.1. The van der Waals surface area contributed by atoms with Crippen LogP contribution in [0.1, 0.15) is 13.3 Å². The first-order valence-corrected chi connectivity index (χ1v) is 9.21. The summed E-state index contributed by atoms with van der Waals surface area (Å²) in [5, 5.41) is 51.0. The fraction of sp³-hybridized carbons (Fsp3) is 0.909. The number of hydrogen-bond donors (Lipinski definition) is 6. The molecule has 142 valence electrons. The average molecular weight is 391 g/mol. The van der Waals surface area contributed by atoms with E-state index in [4.69, 9.17) is 14.4 Å². The molecule has 1 rings (SSSR count). The van der Waals surface area contributed by atoms with Crippen molar-refractivity contribution in [3.05, 3.63) is 0 Å². The molecule has 0 saturated carbocycles. The molecule has 6 N–H and O–H groups in total. The number of nitrogens with zero attached hydrogens (tertiary/aromatic N) is 1. The van der Waals surface area contributed by atoms with Gasteiger partial charge >= 0.3 is 10.4 Å². The Kier molecular flexibility index (Phi) is 8.31. The second-order valence-electron chi connectivity index (χ2n) is 5.03. The van der Waals surface area contributed by atoms with Gasteiger partial charge in [0.05, 0.1) is 13.2 Å². The molecule has 0 amide bonds. The minimum Gasteiger partial charge on any atom is -0.396 e. The summed E-state index contributed by atoms with van der Waals surface area (Å²) in [7, 11) is -4.87. The molecule has 0 bridgehead atoms. The van der Waals surface area contributed by atoms with Crippen LogP contribution in [0.15, 0.2) is 5.16 Å². The molecule has 1 heterocycles. The van der Waals surface area contributed by atoms with Crippen LogP contribution in [0, 0.1) is 5.92 Å². The molecular formula is C11H21NO10S2. The van der Waals surface area contributed by atoms with E-state index in [1.165, 1.54) is 0 Å². The number of thioether (sulfide) groups is 1. The molecule has 0 radical (unpaired) electrons. The molecule has 1 aliphatic heterocycles. The van der Waals surface area contributed by atoms with Gasteiger partial charge in [-0.05, 0) is 6.42 Å². The van der Waals surface area contributed by atoms with E-state index in [0.717, 1.165) is 0 Å².